The quantitative estimate of drug-likeness (QED) is 0.797. The zero-order valence-electron chi connectivity index (χ0n) is 12.5. The van der Waals surface area contributed by atoms with Crippen LogP contribution >= 0.6 is 0 Å². The molecule has 0 unspecified atom stereocenters. The lowest BCUT2D eigenvalue weighted by Crippen LogP contribution is -2.30. The van der Waals surface area contributed by atoms with E-state index in [9.17, 15) is 0 Å². The summed E-state index contributed by atoms with van der Waals surface area (Å²) in [7, 11) is 2.24. The van der Waals surface area contributed by atoms with Crippen molar-refractivity contribution in [2.75, 3.05) is 13.6 Å². The second kappa shape index (κ2) is 7.71. The summed E-state index contributed by atoms with van der Waals surface area (Å²) in [6.45, 7) is 4.88. The topological polar surface area (TPSA) is 28.4 Å². The SMILES string of the molecule is CCNCc1ccc(CN(C)C2CCCCCC2)o1. The van der Waals surface area contributed by atoms with Gasteiger partial charge < -0.3 is 9.73 Å². The Morgan fingerprint density at radius 1 is 1.16 bits per heavy atom. The maximum absolute atomic E-state index is 5.87. The highest BCUT2D eigenvalue weighted by Gasteiger charge is 2.17. The predicted octanol–water partition coefficient (Wildman–Crippen LogP) is 3.54. The average molecular weight is 264 g/mol. The van der Waals surface area contributed by atoms with Crippen LogP contribution in [-0.4, -0.2) is 24.5 Å². The Kier molecular flexibility index (Phi) is 5.93. The first-order valence-corrected chi connectivity index (χ1v) is 7.78. The molecule has 0 radical (unpaired) electrons. The van der Waals surface area contributed by atoms with Crippen LogP contribution in [0.4, 0.5) is 0 Å². The van der Waals surface area contributed by atoms with Crippen LogP contribution in [0.25, 0.3) is 0 Å². The molecule has 3 heteroatoms. The van der Waals surface area contributed by atoms with Gasteiger partial charge in [0, 0.05) is 6.04 Å². The normalized spacial score (nSPS) is 17.8. The molecule has 1 fully saturated rings. The van der Waals surface area contributed by atoms with Crippen molar-refractivity contribution in [1.82, 2.24) is 10.2 Å². The lowest BCUT2D eigenvalue weighted by Gasteiger charge is -2.26. The molecule has 0 atom stereocenters. The molecule has 108 valence electrons. The van der Waals surface area contributed by atoms with E-state index in [1.54, 1.807) is 0 Å². The molecule has 0 bridgehead atoms. The summed E-state index contributed by atoms with van der Waals surface area (Å²) in [5.41, 5.74) is 0. The van der Waals surface area contributed by atoms with Gasteiger partial charge in [0.15, 0.2) is 0 Å². The van der Waals surface area contributed by atoms with E-state index in [4.69, 9.17) is 4.42 Å². The van der Waals surface area contributed by atoms with Crippen molar-refractivity contribution in [3.8, 4) is 0 Å². The standard InChI is InChI=1S/C16H28N2O/c1-3-17-12-15-10-11-16(19-15)13-18(2)14-8-6-4-5-7-9-14/h10-11,14,17H,3-9,12-13H2,1-2H3. The first-order valence-electron chi connectivity index (χ1n) is 7.78. The third-order valence-electron chi connectivity index (χ3n) is 4.12. The maximum atomic E-state index is 5.87. The zero-order valence-corrected chi connectivity index (χ0v) is 12.5. The second-order valence-electron chi connectivity index (χ2n) is 5.71. The highest BCUT2D eigenvalue weighted by molar-refractivity contribution is 5.07. The van der Waals surface area contributed by atoms with Crippen LogP contribution in [0, 0.1) is 0 Å². The van der Waals surface area contributed by atoms with Gasteiger partial charge in [-0.05, 0) is 38.6 Å². The summed E-state index contributed by atoms with van der Waals surface area (Å²) in [4.78, 5) is 2.47. The fraction of sp³-hybridized carbons (Fsp3) is 0.750. The van der Waals surface area contributed by atoms with Gasteiger partial charge in [-0.15, -0.1) is 0 Å². The average Bonchev–Trinajstić information content (AvgIpc) is 2.68. The lowest BCUT2D eigenvalue weighted by molar-refractivity contribution is 0.196. The Morgan fingerprint density at radius 3 is 2.53 bits per heavy atom. The van der Waals surface area contributed by atoms with E-state index in [0.717, 1.165) is 37.2 Å². The molecule has 0 spiro atoms. The minimum atomic E-state index is 0.741. The van der Waals surface area contributed by atoms with Gasteiger partial charge in [-0.1, -0.05) is 32.6 Å². The highest BCUT2D eigenvalue weighted by atomic mass is 16.3. The Morgan fingerprint density at radius 2 is 1.84 bits per heavy atom. The zero-order chi connectivity index (χ0) is 13.5. The van der Waals surface area contributed by atoms with Gasteiger partial charge in [0.25, 0.3) is 0 Å². The summed E-state index contributed by atoms with van der Waals surface area (Å²) < 4.78 is 5.87. The van der Waals surface area contributed by atoms with Crippen molar-refractivity contribution in [1.29, 1.82) is 0 Å². The Balaban J connectivity index is 1.83. The third-order valence-corrected chi connectivity index (χ3v) is 4.12. The maximum Gasteiger partial charge on any atom is 0.118 e. The van der Waals surface area contributed by atoms with Crippen LogP contribution in [0.15, 0.2) is 16.5 Å². The molecule has 1 aliphatic rings. The van der Waals surface area contributed by atoms with Gasteiger partial charge in [-0.3, -0.25) is 4.90 Å². The summed E-state index contributed by atoms with van der Waals surface area (Å²) in [6, 6.07) is 4.96. The van der Waals surface area contributed by atoms with Crippen LogP contribution in [-0.2, 0) is 13.1 Å². The summed E-state index contributed by atoms with van der Waals surface area (Å²) >= 11 is 0. The molecule has 0 saturated heterocycles. The summed E-state index contributed by atoms with van der Waals surface area (Å²) in [5, 5.41) is 3.30. The molecule has 1 N–H and O–H groups in total. The molecule has 1 aliphatic carbocycles. The molecule has 19 heavy (non-hydrogen) atoms. The van der Waals surface area contributed by atoms with Gasteiger partial charge in [0.2, 0.25) is 0 Å². The second-order valence-corrected chi connectivity index (χ2v) is 5.71. The fourth-order valence-electron chi connectivity index (χ4n) is 2.92. The molecule has 1 heterocycles. The Labute approximate surface area is 117 Å². The molecule has 2 rings (SSSR count). The number of hydrogen-bond donors (Lipinski definition) is 1. The summed E-state index contributed by atoms with van der Waals surface area (Å²) in [6.07, 6.45) is 8.30. The van der Waals surface area contributed by atoms with Crippen molar-refractivity contribution < 1.29 is 4.42 Å². The molecule has 0 aliphatic heterocycles. The smallest absolute Gasteiger partial charge is 0.118 e. The first kappa shape index (κ1) is 14.6. The number of nitrogens with one attached hydrogen (secondary N) is 1. The lowest BCUT2D eigenvalue weighted by atomic mass is 10.1. The molecular weight excluding hydrogens is 236 g/mol. The van der Waals surface area contributed by atoms with E-state index in [1.807, 2.05) is 0 Å². The minimum absolute atomic E-state index is 0.741. The van der Waals surface area contributed by atoms with E-state index >= 15 is 0 Å². The van der Waals surface area contributed by atoms with Gasteiger partial charge in [-0.2, -0.15) is 0 Å². The van der Waals surface area contributed by atoms with Gasteiger partial charge in [0.05, 0.1) is 13.1 Å². The number of hydrogen-bond acceptors (Lipinski definition) is 3. The largest absolute Gasteiger partial charge is 0.463 e. The number of rotatable bonds is 6. The van der Waals surface area contributed by atoms with E-state index in [2.05, 4.69) is 36.3 Å². The first-order chi connectivity index (χ1) is 9.29. The van der Waals surface area contributed by atoms with Gasteiger partial charge >= 0.3 is 0 Å². The fourth-order valence-corrected chi connectivity index (χ4v) is 2.92. The predicted molar refractivity (Wildman–Crippen MR) is 79.0 cm³/mol. The van der Waals surface area contributed by atoms with Crippen molar-refractivity contribution in [3.63, 3.8) is 0 Å². The van der Waals surface area contributed by atoms with Crippen LogP contribution in [0.5, 0.6) is 0 Å². The number of nitrogens with zero attached hydrogens (tertiary/aromatic N) is 1. The van der Waals surface area contributed by atoms with Crippen LogP contribution in [0.1, 0.15) is 57.0 Å². The molecule has 1 aromatic rings. The van der Waals surface area contributed by atoms with Gasteiger partial charge in [0.1, 0.15) is 11.5 Å². The van der Waals surface area contributed by atoms with E-state index in [1.165, 1.54) is 38.5 Å². The van der Waals surface area contributed by atoms with Crippen LogP contribution in [0.2, 0.25) is 0 Å². The highest BCUT2D eigenvalue weighted by Crippen LogP contribution is 2.22. The monoisotopic (exact) mass is 264 g/mol. The minimum Gasteiger partial charge on any atom is -0.463 e. The van der Waals surface area contributed by atoms with Gasteiger partial charge in [-0.25, -0.2) is 0 Å². The molecule has 0 amide bonds. The molecule has 0 aromatic carbocycles. The van der Waals surface area contributed by atoms with Crippen molar-refractivity contribution in [3.05, 3.63) is 23.7 Å². The summed E-state index contributed by atoms with van der Waals surface area (Å²) in [5.74, 6) is 2.14. The van der Waals surface area contributed by atoms with E-state index < -0.39 is 0 Å². The number of furan rings is 1. The van der Waals surface area contributed by atoms with E-state index in [-0.39, 0.29) is 0 Å². The van der Waals surface area contributed by atoms with Crippen LogP contribution in [0.3, 0.4) is 0 Å². The van der Waals surface area contributed by atoms with Crippen LogP contribution < -0.4 is 5.32 Å². The van der Waals surface area contributed by atoms with Crippen molar-refractivity contribution in [2.24, 2.45) is 0 Å². The van der Waals surface area contributed by atoms with Crippen molar-refractivity contribution >= 4 is 0 Å². The molecule has 3 nitrogen and oxygen atoms in total. The Hall–Kier alpha value is -0.800. The molecular formula is C16H28N2O. The van der Waals surface area contributed by atoms with Crippen molar-refractivity contribution in [2.45, 2.75) is 64.6 Å². The Bertz CT molecular complexity index is 353. The van der Waals surface area contributed by atoms with E-state index in [0.29, 0.717) is 0 Å². The molecule has 1 saturated carbocycles. The third kappa shape index (κ3) is 4.66. The molecule has 1 aromatic heterocycles.